The lowest BCUT2D eigenvalue weighted by Gasteiger charge is -2.26. The number of benzene rings is 1. The summed E-state index contributed by atoms with van der Waals surface area (Å²) in [5.41, 5.74) is 0.938. The van der Waals surface area contributed by atoms with E-state index in [0.717, 1.165) is 5.56 Å². The molecule has 1 aliphatic heterocycles. The topological polar surface area (TPSA) is 96.3 Å². The molecular weight excluding hydrogens is 302 g/mol. The third-order valence-electron chi connectivity index (χ3n) is 3.88. The van der Waals surface area contributed by atoms with Gasteiger partial charge in [-0.15, -0.1) is 0 Å². The van der Waals surface area contributed by atoms with Gasteiger partial charge in [0.15, 0.2) is 0 Å². The van der Waals surface area contributed by atoms with Gasteiger partial charge in [-0.05, 0) is 5.56 Å². The number of carboxylic acid groups (broad SMARTS) is 1. The second kappa shape index (κ2) is 8.05. The van der Waals surface area contributed by atoms with Crippen LogP contribution in [0.5, 0.6) is 0 Å². The summed E-state index contributed by atoms with van der Waals surface area (Å²) >= 11 is 0. The van der Waals surface area contributed by atoms with Gasteiger partial charge in [0.05, 0.1) is 32.8 Å². The molecule has 0 amide bonds. The number of esters is 1. The highest BCUT2D eigenvalue weighted by Gasteiger charge is 2.43. The molecule has 1 aliphatic rings. The Labute approximate surface area is 134 Å². The van der Waals surface area contributed by atoms with E-state index >= 15 is 0 Å². The highest BCUT2D eigenvalue weighted by Crippen LogP contribution is 2.25. The van der Waals surface area contributed by atoms with Crippen LogP contribution in [0, 0.1) is 0 Å². The molecule has 2 rings (SSSR count). The van der Waals surface area contributed by atoms with Gasteiger partial charge < -0.3 is 19.7 Å². The van der Waals surface area contributed by atoms with E-state index in [2.05, 4.69) is 4.74 Å². The zero-order valence-electron chi connectivity index (χ0n) is 12.9. The number of rotatable bonds is 7. The van der Waals surface area contributed by atoms with Gasteiger partial charge in [-0.2, -0.15) is 0 Å². The molecule has 0 bridgehead atoms. The minimum absolute atomic E-state index is 0.0275. The normalized spacial score (nSPS) is 24.5. The van der Waals surface area contributed by atoms with Gasteiger partial charge in [-0.3, -0.25) is 14.5 Å². The summed E-state index contributed by atoms with van der Waals surface area (Å²) in [6.45, 7) is 0.165. The summed E-state index contributed by atoms with van der Waals surface area (Å²) < 4.78 is 10.4. The van der Waals surface area contributed by atoms with Gasteiger partial charge in [0.2, 0.25) is 0 Å². The number of hydrogen-bond donors (Lipinski definition) is 2. The molecule has 0 aromatic heterocycles. The minimum Gasteiger partial charge on any atom is -0.480 e. The third-order valence-corrected chi connectivity index (χ3v) is 3.88. The molecule has 23 heavy (non-hydrogen) atoms. The van der Waals surface area contributed by atoms with Crippen LogP contribution in [0.4, 0.5) is 0 Å². The largest absolute Gasteiger partial charge is 0.480 e. The first-order valence-electron chi connectivity index (χ1n) is 7.37. The predicted molar refractivity (Wildman–Crippen MR) is 80.7 cm³/mol. The number of hydrogen-bond acceptors (Lipinski definition) is 6. The second-order valence-electron chi connectivity index (χ2n) is 5.50. The van der Waals surface area contributed by atoms with E-state index in [1.807, 2.05) is 30.3 Å². The fourth-order valence-electron chi connectivity index (χ4n) is 2.79. The lowest BCUT2D eigenvalue weighted by Crippen LogP contribution is -2.41. The number of aliphatic carboxylic acids is 1. The van der Waals surface area contributed by atoms with Crippen molar-refractivity contribution in [3.8, 4) is 0 Å². The summed E-state index contributed by atoms with van der Waals surface area (Å²) in [6, 6.07) is 8.91. The number of carbonyl (C=O) groups excluding carboxylic acids is 1. The monoisotopic (exact) mass is 323 g/mol. The molecule has 0 spiro atoms. The number of ether oxygens (including phenoxy) is 2. The van der Waals surface area contributed by atoms with Gasteiger partial charge >= 0.3 is 11.9 Å². The lowest BCUT2D eigenvalue weighted by atomic mass is 10.1. The number of β-amino-alcohol motifs (C(OH)–C–C–N with tert-alkyl or cyclic N) is 1. The second-order valence-corrected chi connectivity index (χ2v) is 5.50. The van der Waals surface area contributed by atoms with Crippen molar-refractivity contribution in [2.24, 2.45) is 0 Å². The van der Waals surface area contributed by atoms with Crippen molar-refractivity contribution in [3.63, 3.8) is 0 Å². The Morgan fingerprint density at radius 2 is 2.00 bits per heavy atom. The van der Waals surface area contributed by atoms with Crippen molar-refractivity contribution in [2.75, 3.05) is 20.2 Å². The number of carboxylic acids is 1. The van der Waals surface area contributed by atoms with Crippen LogP contribution >= 0.6 is 0 Å². The lowest BCUT2D eigenvalue weighted by molar-refractivity contribution is -0.145. The van der Waals surface area contributed by atoms with E-state index in [1.165, 1.54) is 7.11 Å². The Bertz CT molecular complexity index is 535. The molecule has 0 saturated carbocycles. The molecule has 0 aliphatic carbocycles. The van der Waals surface area contributed by atoms with Crippen molar-refractivity contribution in [3.05, 3.63) is 35.9 Å². The van der Waals surface area contributed by atoms with Crippen LogP contribution in [0.25, 0.3) is 0 Å². The van der Waals surface area contributed by atoms with E-state index in [9.17, 15) is 14.7 Å². The smallest absolute Gasteiger partial charge is 0.317 e. The summed E-state index contributed by atoms with van der Waals surface area (Å²) in [6.07, 6.45) is -1.53. The van der Waals surface area contributed by atoms with Gasteiger partial charge in [0.1, 0.15) is 6.10 Å². The molecule has 2 N–H and O–H groups in total. The van der Waals surface area contributed by atoms with E-state index < -0.39 is 30.2 Å². The Morgan fingerprint density at radius 3 is 2.61 bits per heavy atom. The molecule has 0 unspecified atom stereocenters. The van der Waals surface area contributed by atoms with Crippen LogP contribution < -0.4 is 0 Å². The van der Waals surface area contributed by atoms with Crippen molar-refractivity contribution in [2.45, 2.75) is 31.3 Å². The summed E-state index contributed by atoms with van der Waals surface area (Å²) in [5, 5.41) is 19.2. The number of carbonyl (C=O) groups is 2. The summed E-state index contributed by atoms with van der Waals surface area (Å²) in [7, 11) is 1.27. The third kappa shape index (κ3) is 4.75. The highest BCUT2D eigenvalue weighted by molar-refractivity contribution is 5.71. The number of methoxy groups -OCH3 is 1. The molecule has 7 nitrogen and oxygen atoms in total. The molecule has 3 atom stereocenters. The van der Waals surface area contributed by atoms with Gasteiger partial charge in [-0.1, -0.05) is 30.3 Å². The maximum atomic E-state index is 11.6. The average Bonchev–Trinajstić information content (AvgIpc) is 2.80. The molecular formula is C16H21NO6. The van der Waals surface area contributed by atoms with E-state index in [4.69, 9.17) is 9.84 Å². The number of aliphatic hydroxyl groups is 1. The van der Waals surface area contributed by atoms with Crippen LogP contribution in [0.15, 0.2) is 30.3 Å². The zero-order valence-corrected chi connectivity index (χ0v) is 12.9. The van der Waals surface area contributed by atoms with Crippen molar-refractivity contribution < 1.29 is 29.3 Å². The highest BCUT2D eigenvalue weighted by atomic mass is 16.5. The van der Waals surface area contributed by atoms with E-state index in [-0.39, 0.29) is 26.1 Å². The first-order valence-corrected chi connectivity index (χ1v) is 7.37. The van der Waals surface area contributed by atoms with Crippen molar-refractivity contribution >= 4 is 11.9 Å². The Hall–Kier alpha value is -1.96. The zero-order chi connectivity index (χ0) is 16.8. The Balaban J connectivity index is 2.06. The van der Waals surface area contributed by atoms with Crippen LogP contribution in [0.2, 0.25) is 0 Å². The van der Waals surface area contributed by atoms with Gasteiger partial charge in [-0.25, -0.2) is 0 Å². The number of nitrogens with zero attached hydrogens (tertiary/aromatic N) is 1. The van der Waals surface area contributed by atoms with Crippen LogP contribution in [-0.2, 0) is 25.7 Å². The van der Waals surface area contributed by atoms with Gasteiger partial charge in [0, 0.05) is 12.6 Å². The molecule has 1 heterocycles. The molecule has 1 aromatic rings. The summed E-state index contributed by atoms with van der Waals surface area (Å²) in [4.78, 5) is 24.1. The fraction of sp³-hybridized carbons (Fsp3) is 0.500. The first-order chi connectivity index (χ1) is 11.0. The van der Waals surface area contributed by atoms with Crippen LogP contribution in [0.1, 0.15) is 12.0 Å². The van der Waals surface area contributed by atoms with Crippen molar-refractivity contribution in [1.29, 1.82) is 0 Å². The van der Waals surface area contributed by atoms with Crippen LogP contribution in [0.3, 0.4) is 0 Å². The predicted octanol–water partition coefficient (Wildman–Crippen LogP) is 0.265. The van der Waals surface area contributed by atoms with Gasteiger partial charge in [0.25, 0.3) is 0 Å². The molecule has 0 radical (unpaired) electrons. The van der Waals surface area contributed by atoms with E-state index in [1.54, 1.807) is 4.90 Å². The number of likely N-dealkylation sites (tertiary alicyclic amines) is 1. The van der Waals surface area contributed by atoms with Crippen LogP contribution in [-0.4, -0.2) is 65.5 Å². The quantitative estimate of drug-likeness (QED) is 0.695. The molecule has 1 aromatic carbocycles. The molecule has 1 fully saturated rings. The van der Waals surface area contributed by atoms with E-state index in [0.29, 0.717) is 0 Å². The fourth-order valence-corrected chi connectivity index (χ4v) is 2.79. The SMILES string of the molecule is COC(=O)C[C@H]1[C@H](OCc2ccccc2)[C@H](O)CN1CC(=O)O. The minimum atomic E-state index is -1.02. The molecule has 7 heteroatoms. The Kier molecular flexibility index (Phi) is 6.09. The Morgan fingerprint density at radius 1 is 1.30 bits per heavy atom. The maximum Gasteiger partial charge on any atom is 0.317 e. The van der Waals surface area contributed by atoms with Crippen molar-refractivity contribution in [1.82, 2.24) is 4.90 Å². The first kappa shape index (κ1) is 17.4. The maximum absolute atomic E-state index is 11.6. The molecule has 126 valence electrons. The standard InChI is InChI=1S/C16H21NO6/c1-22-15(21)7-12-16(13(18)8-17(12)9-14(19)20)23-10-11-5-3-2-4-6-11/h2-6,12-13,16,18H,7-10H2,1H3,(H,19,20)/t12-,13+,16-/m0/s1. The molecule has 1 saturated heterocycles. The average molecular weight is 323 g/mol. The number of aliphatic hydroxyl groups excluding tert-OH is 1. The summed E-state index contributed by atoms with van der Waals surface area (Å²) in [5.74, 6) is -1.48.